The Balaban J connectivity index is 1.17. The molecule has 48 heavy (non-hydrogen) atoms. The minimum Gasteiger partial charge on any atom is -0.569 e. The Hall–Kier alpha value is -5.45. The van der Waals surface area contributed by atoms with Crippen LogP contribution < -0.4 is 4.72 Å². The highest BCUT2D eigenvalue weighted by Gasteiger charge is 2.35. The van der Waals surface area contributed by atoms with Crippen molar-refractivity contribution in [2.24, 2.45) is 11.2 Å². The van der Waals surface area contributed by atoms with Crippen molar-refractivity contribution in [1.82, 2.24) is 19.5 Å². The molecule has 5 rings (SSSR count). The third-order valence-electron chi connectivity index (χ3n) is 7.44. The fraction of sp³-hybridized carbons (Fsp3) is 0.258. The van der Waals surface area contributed by atoms with Crippen molar-refractivity contribution in [3.05, 3.63) is 107 Å². The van der Waals surface area contributed by atoms with E-state index in [4.69, 9.17) is 9.57 Å². The number of alkyl halides is 3. The number of hydrogen-bond acceptors (Lipinski definition) is 9. The molecule has 0 bridgehead atoms. The Morgan fingerprint density at radius 2 is 1.67 bits per heavy atom. The first-order valence-electron chi connectivity index (χ1n) is 14.5. The number of carbonyl (C=O) groups is 2. The Labute approximate surface area is 272 Å². The van der Waals surface area contributed by atoms with Gasteiger partial charge in [0.2, 0.25) is 11.2 Å². The summed E-state index contributed by atoms with van der Waals surface area (Å²) in [6.07, 6.45) is -4.46. The maximum atomic E-state index is 13.5. The number of benzene rings is 3. The normalized spacial score (nSPS) is 14.4. The first-order chi connectivity index (χ1) is 22.8. The molecule has 4 aromatic rings. The van der Waals surface area contributed by atoms with Crippen LogP contribution in [0.15, 0.2) is 95.1 Å². The highest BCUT2D eigenvalue weighted by molar-refractivity contribution is 7.90. The largest absolute Gasteiger partial charge is 0.569 e. The number of carbonyl (C=O) groups excluding carboxylic acids is 2. The molecule has 13 nitrogen and oxygen atoms in total. The highest BCUT2D eigenvalue weighted by atomic mass is 32.2. The smallest absolute Gasteiger partial charge is 0.435 e. The van der Waals surface area contributed by atoms with Crippen molar-refractivity contribution >= 4 is 21.9 Å². The fourth-order valence-electron chi connectivity index (χ4n) is 4.85. The van der Waals surface area contributed by atoms with Crippen LogP contribution in [0.25, 0.3) is 16.9 Å². The first kappa shape index (κ1) is 33.9. The number of hydrogen-bond donors (Lipinski definition) is 1. The van der Waals surface area contributed by atoms with E-state index in [0.29, 0.717) is 11.1 Å². The molecule has 0 saturated carbocycles. The molecule has 1 N–H and O–H groups in total. The number of hydrazine groups is 1. The van der Waals surface area contributed by atoms with Gasteiger partial charge >= 0.3 is 12.1 Å². The van der Waals surface area contributed by atoms with Gasteiger partial charge in [-0.05, 0) is 62.2 Å². The monoisotopic (exact) mass is 686 g/mol. The lowest BCUT2D eigenvalue weighted by molar-refractivity contribution is -0.713. The van der Waals surface area contributed by atoms with E-state index in [-0.39, 0.29) is 47.2 Å². The van der Waals surface area contributed by atoms with Gasteiger partial charge in [-0.25, -0.2) is 22.6 Å². The van der Waals surface area contributed by atoms with Gasteiger partial charge in [-0.1, -0.05) is 48.0 Å². The van der Waals surface area contributed by atoms with Crippen LogP contribution >= 0.6 is 0 Å². The second-order valence-electron chi connectivity index (χ2n) is 10.8. The zero-order valence-corrected chi connectivity index (χ0v) is 26.1. The molecule has 1 amide bonds. The lowest BCUT2D eigenvalue weighted by Crippen LogP contribution is -2.44. The van der Waals surface area contributed by atoms with Crippen LogP contribution in [0.5, 0.6) is 0 Å². The van der Waals surface area contributed by atoms with Gasteiger partial charge in [0.15, 0.2) is 5.69 Å². The number of amides is 1. The minimum absolute atomic E-state index is 0.0556. The fourth-order valence-corrected chi connectivity index (χ4v) is 5.89. The van der Waals surface area contributed by atoms with E-state index in [9.17, 15) is 36.4 Å². The summed E-state index contributed by atoms with van der Waals surface area (Å²) in [6.45, 7) is 1.35. The predicted octanol–water partition coefficient (Wildman–Crippen LogP) is 5.01. The first-order valence-corrected chi connectivity index (χ1v) is 16.0. The molecular weight excluding hydrogens is 657 g/mol. The Bertz CT molecular complexity index is 1890. The van der Waals surface area contributed by atoms with Crippen LogP contribution in [0.3, 0.4) is 0 Å². The molecule has 1 aliphatic rings. The maximum absolute atomic E-state index is 13.5. The van der Waals surface area contributed by atoms with Gasteiger partial charge in [0.1, 0.15) is 0 Å². The number of aromatic nitrogens is 2. The number of esters is 1. The number of nitrogens with zero attached hydrogens (tertiary/aromatic N) is 5. The quantitative estimate of drug-likeness (QED) is 0.0605. The average molecular weight is 687 g/mol. The summed E-state index contributed by atoms with van der Waals surface area (Å²) in [7, 11) is -4.34. The van der Waals surface area contributed by atoms with Crippen molar-refractivity contribution in [1.29, 1.82) is 0 Å². The number of piperidine rings is 1. The molecular formula is C31H29F3N6O7S. The summed E-state index contributed by atoms with van der Waals surface area (Å²) in [4.78, 5) is 29.4. The van der Waals surface area contributed by atoms with Crippen molar-refractivity contribution in [3.63, 3.8) is 0 Å². The number of aryl methyl sites for hydroxylation is 1. The third kappa shape index (κ3) is 8.09. The highest BCUT2D eigenvalue weighted by Crippen LogP contribution is 2.33. The molecule has 0 aliphatic carbocycles. The molecule has 1 aromatic heterocycles. The number of rotatable bonds is 10. The van der Waals surface area contributed by atoms with Gasteiger partial charge in [0.05, 0.1) is 39.9 Å². The zero-order valence-electron chi connectivity index (χ0n) is 25.3. The van der Waals surface area contributed by atoms with Crippen LogP contribution in [0.2, 0.25) is 0 Å². The number of nitrogens with one attached hydrogen (secondary N) is 1. The number of halogens is 3. The third-order valence-corrected chi connectivity index (χ3v) is 8.80. The van der Waals surface area contributed by atoms with Crippen molar-refractivity contribution in [2.45, 2.75) is 30.8 Å². The summed E-state index contributed by atoms with van der Waals surface area (Å²) in [5.74, 6) is -2.18. The molecule has 0 spiro atoms. The van der Waals surface area contributed by atoms with Crippen molar-refractivity contribution in [3.8, 4) is 16.9 Å². The number of sulfonamides is 1. The number of ether oxygens (including phenoxy) is 1. The average Bonchev–Trinajstić information content (AvgIpc) is 3.54. The second kappa shape index (κ2) is 14.1. The van der Waals surface area contributed by atoms with Crippen LogP contribution in [0.1, 0.15) is 34.5 Å². The van der Waals surface area contributed by atoms with E-state index >= 15 is 0 Å². The summed E-state index contributed by atoms with van der Waals surface area (Å²) >= 11 is 0. The molecule has 0 unspecified atom stereocenters. The van der Waals surface area contributed by atoms with Crippen LogP contribution in [-0.4, -0.2) is 59.9 Å². The molecule has 252 valence electrons. The van der Waals surface area contributed by atoms with Crippen molar-refractivity contribution < 1.29 is 45.7 Å². The van der Waals surface area contributed by atoms with Gasteiger partial charge in [0.25, 0.3) is 16.8 Å². The van der Waals surface area contributed by atoms with Crippen LogP contribution in [-0.2, 0) is 30.6 Å². The lowest BCUT2D eigenvalue weighted by Gasteiger charge is -2.27. The molecule has 3 aromatic carbocycles. The lowest BCUT2D eigenvalue weighted by atomic mass is 9.97. The van der Waals surface area contributed by atoms with Crippen molar-refractivity contribution in [2.75, 3.05) is 19.9 Å². The van der Waals surface area contributed by atoms with Gasteiger partial charge in [0, 0.05) is 11.5 Å². The summed E-state index contributed by atoms with van der Waals surface area (Å²) in [5, 5.41) is 20.5. The van der Waals surface area contributed by atoms with Crippen LogP contribution in [0.4, 0.5) is 13.2 Å². The van der Waals surface area contributed by atoms with E-state index < -0.39 is 46.5 Å². The molecule has 1 aliphatic heterocycles. The van der Waals surface area contributed by atoms with Gasteiger partial charge in [-0.15, -0.1) is 5.01 Å². The van der Waals surface area contributed by atoms with E-state index in [0.717, 1.165) is 28.4 Å². The molecule has 0 atom stereocenters. The molecule has 2 heterocycles. The molecule has 0 radical (unpaired) electrons. The van der Waals surface area contributed by atoms with E-state index in [1.165, 1.54) is 17.1 Å². The summed E-state index contributed by atoms with van der Waals surface area (Å²) in [5.41, 5.74) is 0.897. The predicted molar refractivity (Wildman–Crippen MR) is 162 cm³/mol. The van der Waals surface area contributed by atoms with Gasteiger partial charge in [-0.2, -0.15) is 18.3 Å². The van der Waals surface area contributed by atoms with E-state index in [2.05, 4.69) is 10.4 Å². The second-order valence-corrected chi connectivity index (χ2v) is 12.4. The van der Waals surface area contributed by atoms with Crippen LogP contribution in [0, 0.1) is 18.0 Å². The molecule has 17 heteroatoms. The van der Waals surface area contributed by atoms with Gasteiger partial charge in [-0.3, -0.25) is 4.79 Å². The Morgan fingerprint density at radius 1 is 1.02 bits per heavy atom. The summed E-state index contributed by atoms with van der Waals surface area (Å²) < 4.78 is 74.6. The zero-order chi connectivity index (χ0) is 34.5. The van der Waals surface area contributed by atoms with Gasteiger partial charge < -0.3 is 14.8 Å². The SMILES string of the molecule is Cc1ccc(-c2cc(C(F)(F)F)nn2-c2ccc(S(=O)(=O)NC(=O)C3CCN(/[N+]([O-])=N\OCOC(=O)c4ccccc4)CC3)cc2)cc1. The topological polar surface area (TPSA) is 158 Å². The molecule has 1 fully saturated rings. The summed E-state index contributed by atoms with van der Waals surface area (Å²) in [6, 6.07) is 20.8. The minimum atomic E-state index is -4.71. The molecule has 1 saturated heterocycles. The van der Waals surface area contributed by atoms with E-state index in [1.807, 2.05) is 11.6 Å². The standard InChI is InChI=1S/C31H29F3N6O7S/c1-21-7-9-22(10-8-21)27-19-28(31(32,33)34)35-39(27)25-11-13-26(14-12-25)48(44,45)36-29(41)23-15-17-38(18-16-23)40(43)37-47-20-46-30(42)24-5-3-2-4-6-24/h2-14,19,23H,15-18,20H2,1H3,(H,36,41)/b40-37+. The Kier molecular flexibility index (Phi) is 9.98. The Morgan fingerprint density at radius 3 is 2.29 bits per heavy atom. The van der Waals surface area contributed by atoms with E-state index in [1.54, 1.807) is 54.6 Å². The maximum Gasteiger partial charge on any atom is 0.435 e.